The molecule has 13 heavy (non-hydrogen) atoms. The van der Waals surface area contributed by atoms with Crippen LogP contribution in [0.4, 0.5) is 0 Å². The molecule has 4 nitrogen and oxygen atoms in total. The van der Waals surface area contributed by atoms with Crippen LogP contribution in [0.1, 0.15) is 0 Å². The van der Waals surface area contributed by atoms with E-state index in [4.69, 9.17) is 14.6 Å². The van der Waals surface area contributed by atoms with Gasteiger partial charge in [-0.25, -0.2) is 0 Å². The van der Waals surface area contributed by atoms with Crippen LogP contribution in [-0.4, -0.2) is 37.5 Å². The first-order valence-electron chi connectivity index (χ1n) is 3.84. The van der Waals surface area contributed by atoms with Crippen molar-refractivity contribution in [2.24, 2.45) is 0 Å². The predicted molar refractivity (Wildman–Crippen MR) is 46.1 cm³/mol. The second kappa shape index (κ2) is 3.83. The van der Waals surface area contributed by atoms with Gasteiger partial charge in [-0.05, 0) is 18.2 Å². The zero-order valence-corrected chi connectivity index (χ0v) is 7.61. The number of hydrogen-bond donors (Lipinski definition) is 1. The van der Waals surface area contributed by atoms with Crippen molar-refractivity contribution in [3.05, 3.63) is 23.8 Å². The minimum atomic E-state index is -1.08. The van der Waals surface area contributed by atoms with Gasteiger partial charge in [0.1, 0.15) is 0 Å². The van der Waals surface area contributed by atoms with Crippen LogP contribution in [0.25, 0.3) is 0 Å². The highest BCUT2D eigenvalue weighted by Crippen LogP contribution is 2.26. The van der Waals surface area contributed by atoms with Crippen LogP contribution < -0.4 is 0 Å². The Bertz CT molecular complexity index is 261. The third kappa shape index (κ3) is 1.70. The molecule has 0 aromatic heterocycles. The lowest BCUT2D eigenvalue weighted by Gasteiger charge is -2.30. The third-order valence-electron chi connectivity index (χ3n) is 2.01. The van der Waals surface area contributed by atoms with Crippen molar-refractivity contribution < 1.29 is 19.4 Å². The monoisotopic (exact) mass is 184 g/mol. The highest BCUT2D eigenvalue weighted by atomic mass is 16.7. The van der Waals surface area contributed by atoms with E-state index >= 15 is 0 Å². The third-order valence-corrected chi connectivity index (χ3v) is 2.01. The van der Waals surface area contributed by atoms with Crippen LogP contribution >= 0.6 is 0 Å². The van der Waals surface area contributed by atoms with Crippen LogP contribution in [0.15, 0.2) is 23.8 Å². The number of carbonyl (C=O) groups excluding carboxylic acids is 1. The Labute approximate surface area is 76.5 Å². The van der Waals surface area contributed by atoms with E-state index in [-0.39, 0.29) is 12.4 Å². The van der Waals surface area contributed by atoms with Crippen LogP contribution in [0.5, 0.6) is 0 Å². The van der Waals surface area contributed by atoms with Crippen molar-refractivity contribution in [1.82, 2.24) is 0 Å². The summed E-state index contributed by atoms with van der Waals surface area (Å²) in [4.78, 5) is 11.0. The van der Waals surface area contributed by atoms with Gasteiger partial charge in [0.25, 0.3) is 0 Å². The molecule has 1 aliphatic rings. The highest BCUT2D eigenvalue weighted by Gasteiger charge is 2.33. The van der Waals surface area contributed by atoms with Crippen molar-refractivity contribution in [2.45, 2.75) is 5.79 Å². The fourth-order valence-electron chi connectivity index (χ4n) is 1.26. The summed E-state index contributed by atoms with van der Waals surface area (Å²) >= 11 is 0. The molecule has 0 atom stereocenters. The van der Waals surface area contributed by atoms with Gasteiger partial charge < -0.3 is 14.6 Å². The molecular weight excluding hydrogens is 172 g/mol. The highest BCUT2D eigenvalue weighted by molar-refractivity contribution is 6.01. The lowest BCUT2D eigenvalue weighted by molar-refractivity contribution is -0.148. The summed E-state index contributed by atoms with van der Waals surface area (Å²) in [6.07, 6.45) is 4.15. The smallest absolute Gasteiger partial charge is 0.213 e. The number of ether oxygens (including phenoxy) is 2. The molecule has 0 spiro atoms. The van der Waals surface area contributed by atoms with Gasteiger partial charge in [0.15, 0.2) is 5.78 Å². The standard InChI is InChI=1S/C9H12O4/c1-12-9(13-2)4-3-8(11)5-7(9)6-10/h3-5,10H,6H2,1-2H3. The average molecular weight is 184 g/mol. The summed E-state index contributed by atoms with van der Waals surface area (Å²) < 4.78 is 10.2. The number of hydrogen-bond acceptors (Lipinski definition) is 4. The van der Waals surface area contributed by atoms with Crippen molar-refractivity contribution in [3.63, 3.8) is 0 Å². The molecule has 0 fully saturated rings. The van der Waals surface area contributed by atoms with Gasteiger partial charge in [0, 0.05) is 19.8 Å². The van der Waals surface area contributed by atoms with E-state index in [1.54, 1.807) is 0 Å². The van der Waals surface area contributed by atoms with Crippen LogP contribution in [-0.2, 0) is 14.3 Å². The number of ketones is 1. The van der Waals surface area contributed by atoms with Crippen LogP contribution in [0.2, 0.25) is 0 Å². The van der Waals surface area contributed by atoms with Gasteiger partial charge >= 0.3 is 0 Å². The number of aliphatic hydroxyl groups excluding tert-OH is 1. The van der Waals surface area contributed by atoms with E-state index in [0.29, 0.717) is 5.57 Å². The molecule has 0 amide bonds. The molecule has 72 valence electrons. The lowest BCUT2D eigenvalue weighted by atomic mass is 9.99. The van der Waals surface area contributed by atoms with Gasteiger partial charge in [-0.15, -0.1) is 0 Å². The molecule has 0 aliphatic heterocycles. The normalized spacial score (nSPS) is 20.2. The number of methoxy groups -OCH3 is 2. The molecule has 4 heteroatoms. The van der Waals surface area contributed by atoms with E-state index in [0.717, 1.165) is 0 Å². The molecule has 0 aromatic rings. The van der Waals surface area contributed by atoms with Crippen molar-refractivity contribution in [2.75, 3.05) is 20.8 Å². The minimum absolute atomic E-state index is 0.172. The predicted octanol–water partition coefficient (Wildman–Crippen LogP) is 0.0331. The molecule has 0 heterocycles. The Kier molecular flexibility index (Phi) is 2.98. The molecule has 0 radical (unpaired) electrons. The van der Waals surface area contributed by atoms with E-state index < -0.39 is 5.79 Å². The van der Waals surface area contributed by atoms with Crippen molar-refractivity contribution in [3.8, 4) is 0 Å². The fourth-order valence-corrected chi connectivity index (χ4v) is 1.26. The summed E-state index contributed by atoms with van der Waals surface area (Å²) in [7, 11) is 2.90. The quantitative estimate of drug-likeness (QED) is 0.629. The Hall–Kier alpha value is -0.970. The summed E-state index contributed by atoms with van der Waals surface area (Å²) in [6, 6.07) is 0. The molecule has 0 bridgehead atoms. The Balaban J connectivity index is 3.03. The average Bonchev–Trinajstić information content (AvgIpc) is 2.18. The second-order valence-electron chi connectivity index (χ2n) is 2.64. The van der Waals surface area contributed by atoms with E-state index in [9.17, 15) is 4.79 Å². The SMILES string of the molecule is COC1(OC)C=CC(=O)C=C1CO. The molecule has 0 saturated heterocycles. The van der Waals surface area contributed by atoms with E-state index in [2.05, 4.69) is 0 Å². The zero-order valence-electron chi connectivity index (χ0n) is 7.61. The van der Waals surface area contributed by atoms with Gasteiger partial charge in [-0.3, -0.25) is 4.79 Å². The molecule has 1 aliphatic carbocycles. The van der Waals surface area contributed by atoms with Gasteiger partial charge in [0.05, 0.1) is 6.61 Å². The number of allylic oxidation sites excluding steroid dienone is 2. The van der Waals surface area contributed by atoms with Crippen molar-refractivity contribution >= 4 is 5.78 Å². The molecular formula is C9H12O4. The molecule has 0 aromatic carbocycles. The maximum atomic E-state index is 11.0. The number of carbonyl (C=O) groups is 1. The number of aliphatic hydroxyl groups is 1. The topological polar surface area (TPSA) is 55.8 Å². The Morgan fingerprint density at radius 3 is 2.54 bits per heavy atom. The van der Waals surface area contributed by atoms with Crippen LogP contribution in [0, 0.1) is 0 Å². The van der Waals surface area contributed by atoms with Gasteiger partial charge in [-0.2, -0.15) is 0 Å². The van der Waals surface area contributed by atoms with E-state index in [1.165, 1.54) is 32.4 Å². The van der Waals surface area contributed by atoms with Gasteiger partial charge in [0.2, 0.25) is 5.79 Å². The summed E-state index contributed by atoms with van der Waals surface area (Å²) in [6.45, 7) is -0.266. The number of rotatable bonds is 3. The van der Waals surface area contributed by atoms with Crippen molar-refractivity contribution in [1.29, 1.82) is 0 Å². The molecule has 0 saturated carbocycles. The first-order valence-corrected chi connectivity index (χ1v) is 3.84. The lowest BCUT2D eigenvalue weighted by Crippen LogP contribution is -2.37. The largest absolute Gasteiger partial charge is 0.392 e. The minimum Gasteiger partial charge on any atom is -0.392 e. The second-order valence-corrected chi connectivity index (χ2v) is 2.64. The van der Waals surface area contributed by atoms with Gasteiger partial charge in [-0.1, -0.05) is 0 Å². The Morgan fingerprint density at radius 2 is 2.08 bits per heavy atom. The Morgan fingerprint density at radius 1 is 1.46 bits per heavy atom. The summed E-state index contributed by atoms with van der Waals surface area (Å²) in [5.74, 6) is -1.25. The molecule has 1 N–H and O–H groups in total. The maximum absolute atomic E-state index is 11.0. The van der Waals surface area contributed by atoms with E-state index in [1.807, 2.05) is 0 Å². The fraction of sp³-hybridized carbons (Fsp3) is 0.444. The summed E-state index contributed by atoms with van der Waals surface area (Å²) in [5.41, 5.74) is 0.407. The summed E-state index contributed by atoms with van der Waals surface area (Å²) in [5, 5.41) is 8.99. The zero-order chi connectivity index (χ0) is 9.90. The maximum Gasteiger partial charge on any atom is 0.213 e. The van der Waals surface area contributed by atoms with Crippen LogP contribution in [0.3, 0.4) is 0 Å². The first kappa shape index (κ1) is 10.1. The molecule has 1 rings (SSSR count). The first-order chi connectivity index (χ1) is 6.18. The molecule has 0 unspecified atom stereocenters.